The Morgan fingerprint density at radius 1 is 1.27 bits per heavy atom. The SMILES string of the molecule is CCNC(=NCc1ncccc1C)NCc1ncc(CC)s1. The number of aryl methyl sites for hydroxylation is 2. The van der Waals surface area contributed by atoms with Gasteiger partial charge in [-0.1, -0.05) is 13.0 Å². The van der Waals surface area contributed by atoms with Crippen LogP contribution in [0.5, 0.6) is 0 Å². The van der Waals surface area contributed by atoms with E-state index >= 15 is 0 Å². The number of aromatic nitrogens is 2. The van der Waals surface area contributed by atoms with E-state index in [9.17, 15) is 0 Å². The van der Waals surface area contributed by atoms with Crippen molar-refractivity contribution in [3.05, 3.63) is 45.7 Å². The van der Waals surface area contributed by atoms with Gasteiger partial charge < -0.3 is 10.6 Å². The quantitative estimate of drug-likeness (QED) is 0.635. The Balaban J connectivity index is 1.96. The monoisotopic (exact) mass is 317 g/mol. The van der Waals surface area contributed by atoms with Crippen LogP contribution in [-0.4, -0.2) is 22.5 Å². The van der Waals surface area contributed by atoms with Crippen LogP contribution in [0, 0.1) is 6.92 Å². The van der Waals surface area contributed by atoms with Crippen LogP contribution in [0.2, 0.25) is 0 Å². The van der Waals surface area contributed by atoms with Gasteiger partial charge in [-0.25, -0.2) is 9.98 Å². The van der Waals surface area contributed by atoms with E-state index < -0.39 is 0 Å². The maximum absolute atomic E-state index is 4.60. The van der Waals surface area contributed by atoms with Gasteiger partial charge in [0.15, 0.2) is 5.96 Å². The minimum absolute atomic E-state index is 0.570. The third kappa shape index (κ3) is 4.80. The second-order valence-electron chi connectivity index (χ2n) is 4.89. The molecule has 0 amide bonds. The van der Waals surface area contributed by atoms with E-state index in [-0.39, 0.29) is 0 Å². The first-order valence-electron chi connectivity index (χ1n) is 7.59. The van der Waals surface area contributed by atoms with Crippen LogP contribution in [0.3, 0.4) is 0 Å². The van der Waals surface area contributed by atoms with Gasteiger partial charge in [0.25, 0.3) is 0 Å². The summed E-state index contributed by atoms with van der Waals surface area (Å²) in [7, 11) is 0. The first-order chi connectivity index (χ1) is 10.7. The maximum atomic E-state index is 4.60. The molecule has 2 aromatic heterocycles. The molecule has 0 atom stereocenters. The standard InChI is InChI=1S/C16H23N5S/c1-4-13-9-19-15(22-13)11-21-16(17-5-2)20-10-14-12(3)7-6-8-18-14/h6-9H,4-5,10-11H2,1-3H3,(H2,17,20,21). The molecule has 0 radical (unpaired) electrons. The molecule has 5 nitrogen and oxygen atoms in total. The highest BCUT2D eigenvalue weighted by Gasteiger charge is 2.03. The zero-order valence-corrected chi connectivity index (χ0v) is 14.2. The predicted molar refractivity (Wildman–Crippen MR) is 92.1 cm³/mol. The van der Waals surface area contributed by atoms with Crippen LogP contribution < -0.4 is 10.6 Å². The lowest BCUT2D eigenvalue weighted by Crippen LogP contribution is -2.36. The Bertz CT molecular complexity index is 621. The molecule has 0 aliphatic carbocycles. The minimum Gasteiger partial charge on any atom is -0.357 e. The Hall–Kier alpha value is -1.95. The fourth-order valence-corrected chi connectivity index (χ4v) is 2.73. The number of pyridine rings is 1. The molecule has 0 saturated heterocycles. The van der Waals surface area contributed by atoms with E-state index in [1.54, 1.807) is 17.5 Å². The minimum atomic E-state index is 0.570. The van der Waals surface area contributed by atoms with Crippen molar-refractivity contribution < 1.29 is 0 Å². The topological polar surface area (TPSA) is 62.2 Å². The Kier molecular flexibility index (Phi) is 6.33. The van der Waals surface area contributed by atoms with Crippen LogP contribution in [0.4, 0.5) is 0 Å². The molecule has 0 aliphatic rings. The van der Waals surface area contributed by atoms with Crippen LogP contribution in [-0.2, 0) is 19.5 Å². The summed E-state index contributed by atoms with van der Waals surface area (Å²) in [5.74, 6) is 0.792. The van der Waals surface area contributed by atoms with Gasteiger partial charge in [-0.3, -0.25) is 4.98 Å². The van der Waals surface area contributed by atoms with Crippen molar-refractivity contribution in [1.82, 2.24) is 20.6 Å². The maximum Gasteiger partial charge on any atom is 0.191 e. The molecule has 22 heavy (non-hydrogen) atoms. The molecule has 2 N–H and O–H groups in total. The summed E-state index contributed by atoms with van der Waals surface area (Å²) in [6.07, 6.45) is 4.79. The van der Waals surface area contributed by atoms with Gasteiger partial charge in [0.05, 0.1) is 18.8 Å². The van der Waals surface area contributed by atoms with Gasteiger partial charge in [0.1, 0.15) is 5.01 Å². The number of rotatable bonds is 6. The van der Waals surface area contributed by atoms with Gasteiger partial charge in [0, 0.05) is 23.8 Å². The van der Waals surface area contributed by atoms with Gasteiger partial charge in [0.2, 0.25) is 0 Å². The summed E-state index contributed by atoms with van der Waals surface area (Å²) in [5.41, 5.74) is 2.16. The Labute approximate surface area is 135 Å². The normalized spacial score (nSPS) is 11.5. The average molecular weight is 317 g/mol. The molecule has 0 aromatic carbocycles. The number of guanidine groups is 1. The van der Waals surface area contributed by atoms with E-state index in [2.05, 4.69) is 52.4 Å². The first-order valence-corrected chi connectivity index (χ1v) is 8.40. The molecule has 2 heterocycles. The Morgan fingerprint density at radius 2 is 2.14 bits per heavy atom. The van der Waals surface area contributed by atoms with Crippen LogP contribution >= 0.6 is 11.3 Å². The van der Waals surface area contributed by atoms with Crippen LogP contribution in [0.15, 0.2) is 29.5 Å². The van der Waals surface area contributed by atoms with Gasteiger partial charge in [-0.2, -0.15) is 0 Å². The molecule has 0 saturated carbocycles. The molecule has 0 fully saturated rings. The van der Waals surface area contributed by atoms with Gasteiger partial charge in [-0.05, 0) is 31.9 Å². The zero-order valence-electron chi connectivity index (χ0n) is 13.4. The smallest absolute Gasteiger partial charge is 0.191 e. The van der Waals surface area contributed by atoms with Crippen LogP contribution in [0.1, 0.15) is 35.0 Å². The molecule has 118 valence electrons. The van der Waals surface area contributed by atoms with Crippen molar-refractivity contribution in [2.45, 2.75) is 40.3 Å². The highest BCUT2D eigenvalue weighted by molar-refractivity contribution is 7.11. The summed E-state index contributed by atoms with van der Waals surface area (Å²) in [5, 5.41) is 7.65. The number of hydrogen-bond donors (Lipinski definition) is 2. The second kappa shape index (κ2) is 8.48. The fourth-order valence-electron chi connectivity index (χ4n) is 1.93. The predicted octanol–water partition coefficient (Wildman–Crippen LogP) is 2.66. The largest absolute Gasteiger partial charge is 0.357 e. The highest BCUT2D eigenvalue weighted by atomic mass is 32.1. The zero-order chi connectivity index (χ0) is 15.8. The van der Waals surface area contributed by atoms with Crippen molar-refractivity contribution in [1.29, 1.82) is 0 Å². The summed E-state index contributed by atoms with van der Waals surface area (Å²) in [6, 6.07) is 4.00. The third-order valence-corrected chi connectivity index (χ3v) is 4.35. The molecular formula is C16H23N5S. The van der Waals surface area contributed by atoms with Gasteiger partial charge in [-0.15, -0.1) is 11.3 Å². The van der Waals surface area contributed by atoms with Crippen molar-refractivity contribution >= 4 is 17.3 Å². The Morgan fingerprint density at radius 3 is 2.82 bits per heavy atom. The molecule has 0 bridgehead atoms. The summed E-state index contributed by atoms with van der Waals surface area (Å²) in [6.45, 7) is 8.34. The number of nitrogens with one attached hydrogen (secondary N) is 2. The number of nitrogens with zero attached hydrogens (tertiary/aromatic N) is 3. The molecule has 2 rings (SSSR count). The lowest BCUT2D eigenvalue weighted by Gasteiger charge is -2.10. The summed E-state index contributed by atoms with van der Waals surface area (Å²) < 4.78 is 0. The van der Waals surface area contributed by atoms with Crippen molar-refractivity contribution in [2.75, 3.05) is 6.54 Å². The van der Waals surface area contributed by atoms with E-state index in [0.717, 1.165) is 35.2 Å². The summed E-state index contributed by atoms with van der Waals surface area (Å²) >= 11 is 1.74. The van der Waals surface area contributed by atoms with Crippen molar-refractivity contribution in [2.24, 2.45) is 4.99 Å². The molecule has 0 aliphatic heterocycles. The van der Waals surface area contributed by atoms with Crippen molar-refractivity contribution in [3.63, 3.8) is 0 Å². The van der Waals surface area contributed by atoms with E-state index in [1.165, 1.54) is 4.88 Å². The highest BCUT2D eigenvalue weighted by Crippen LogP contribution is 2.12. The number of aliphatic imine (C=N–C) groups is 1. The third-order valence-electron chi connectivity index (χ3n) is 3.21. The molecule has 0 spiro atoms. The molecule has 2 aromatic rings. The van der Waals surface area contributed by atoms with E-state index in [0.29, 0.717) is 13.1 Å². The lowest BCUT2D eigenvalue weighted by molar-refractivity contribution is 0.806. The molecule has 6 heteroatoms. The number of hydrogen-bond acceptors (Lipinski definition) is 4. The second-order valence-corrected chi connectivity index (χ2v) is 6.09. The molecule has 0 unspecified atom stereocenters. The van der Waals surface area contributed by atoms with Crippen LogP contribution in [0.25, 0.3) is 0 Å². The van der Waals surface area contributed by atoms with E-state index in [4.69, 9.17) is 0 Å². The van der Waals surface area contributed by atoms with E-state index in [1.807, 2.05) is 12.3 Å². The first kappa shape index (κ1) is 16.4. The number of thiazole rings is 1. The average Bonchev–Trinajstić information content (AvgIpc) is 2.99. The fraction of sp³-hybridized carbons (Fsp3) is 0.438. The summed E-state index contributed by atoms with van der Waals surface area (Å²) in [4.78, 5) is 14.7. The molecular weight excluding hydrogens is 294 g/mol. The lowest BCUT2D eigenvalue weighted by atomic mass is 10.2. The van der Waals surface area contributed by atoms with Crippen molar-refractivity contribution in [3.8, 4) is 0 Å². The van der Waals surface area contributed by atoms with Gasteiger partial charge >= 0.3 is 0 Å².